The van der Waals surface area contributed by atoms with Crippen molar-refractivity contribution < 1.29 is 0 Å². The molecule has 78 valence electrons. The second-order valence-corrected chi connectivity index (χ2v) is 3.99. The highest BCUT2D eigenvalue weighted by Gasteiger charge is 2.12. The van der Waals surface area contributed by atoms with Crippen LogP contribution in [0.3, 0.4) is 0 Å². The highest BCUT2D eigenvalue weighted by Crippen LogP contribution is 2.28. The summed E-state index contributed by atoms with van der Waals surface area (Å²) in [6.45, 7) is 2.42. The molecule has 0 saturated heterocycles. The first-order valence-corrected chi connectivity index (χ1v) is 5.29. The summed E-state index contributed by atoms with van der Waals surface area (Å²) in [5, 5.41) is 1.27. The SMILES string of the molecule is CCc1c(Cl)cc(Cl)cc1C(N)CN. The van der Waals surface area contributed by atoms with Crippen LogP contribution in [0.4, 0.5) is 0 Å². The fourth-order valence-electron chi connectivity index (χ4n) is 1.45. The van der Waals surface area contributed by atoms with Crippen molar-refractivity contribution in [2.75, 3.05) is 6.54 Å². The van der Waals surface area contributed by atoms with E-state index in [4.69, 9.17) is 34.7 Å². The molecule has 0 aliphatic rings. The predicted octanol–water partition coefficient (Wildman–Crippen LogP) is 2.51. The molecule has 0 aliphatic carbocycles. The van der Waals surface area contributed by atoms with Gasteiger partial charge < -0.3 is 11.5 Å². The highest BCUT2D eigenvalue weighted by molar-refractivity contribution is 6.35. The molecule has 2 nitrogen and oxygen atoms in total. The topological polar surface area (TPSA) is 52.0 Å². The van der Waals surface area contributed by atoms with Gasteiger partial charge in [0.25, 0.3) is 0 Å². The van der Waals surface area contributed by atoms with Gasteiger partial charge in [0.15, 0.2) is 0 Å². The Bertz CT molecular complexity index is 326. The third-order valence-electron chi connectivity index (χ3n) is 2.20. The Morgan fingerprint density at radius 3 is 2.50 bits per heavy atom. The average Bonchev–Trinajstić information content (AvgIpc) is 2.15. The molecule has 0 aromatic heterocycles. The molecule has 0 heterocycles. The lowest BCUT2D eigenvalue weighted by Crippen LogP contribution is -2.22. The summed E-state index contributed by atoms with van der Waals surface area (Å²) in [5.74, 6) is 0. The second-order valence-electron chi connectivity index (χ2n) is 3.15. The van der Waals surface area contributed by atoms with Gasteiger partial charge in [-0.3, -0.25) is 0 Å². The molecule has 1 rings (SSSR count). The lowest BCUT2D eigenvalue weighted by Gasteiger charge is -2.15. The van der Waals surface area contributed by atoms with E-state index in [1.165, 1.54) is 0 Å². The number of halogens is 2. The monoisotopic (exact) mass is 232 g/mol. The maximum Gasteiger partial charge on any atom is 0.0456 e. The van der Waals surface area contributed by atoms with Gasteiger partial charge in [-0.25, -0.2) is 0 Å². The van der Waals surface area contributed by atoms with Gasteiger partial charge in [0, 0.05) is 22.6 Å². The van der Waals surface area contributed by atoms with Crippen molar-refractivity contribution >= 4 is 23.2 Å². The van der Waals surface area contributed by atoms with Crippen LogP contribution >= 0.6 is 23.2 Å². The Hall–Kier alpha value is -0.280. The molecule has 0 bridgehead atoms. The van der Waals surface area contributed by atoms with E-state index in [1.54, 1.807) is 6.07 Å². The van der Waals surface area contributed by atoms with Crippen molar-refractivity contribution in [3.05, 3.63) is 33.3 Å². The van der Waals surface area contributed by atoms with Crippen molar-refractivity contribution in [2.24, 2.45) is 11.5 Å². The fourth-order valence-corrected chi connectivity index (χ4v) is 2.10. The van der Waals surface area contributed by atoms with Gasteiger partial charge >= 0.3 is 0 Å². The summed E-state index contributed by atoms with van der Waals surface area (Å²) in [6.07, 6.45) is 0.832. The quantitative estimate of drug-likeness (QED) is 0.842. The first kappa shape index (κ1) is 11.8. The van der Waals surface area contributed by atoms with Crippen LogP contribution in [0.1, 0.15) is 24.1 Å². The Morgan fingerprint density at radius 2 is 2.00 bits per heavy atom. The average molecular weight is 233 g/mol. The third kappa shape index (κ3) is 2.39. The predicted molar refractivity (Wildman–Crippen MR) is 61.8 cm³/mol. The Kier molecular flexibility index (Phi) is 4.20. The van der Waals surface area contributed by atoms with E-state index in [0.29, 0.717) is 16.6 Å². The van der Waals surface area contributed by atoms with Gasteiger partial charge in [-0.15, -0.1) is 0 Å². The van der Waals surface area contributed by atoms with E-state index in [-0.39, 0.29) is 6.04 Å². The van der Waals surface area contributed by atoms with Crippen molar-refractivity contribution in [1.82, 2.24) is 0 Å². The number of rotatable bonds is 3. The van der Waals surface area contributed by atoms with Crippen LogP contribution in [-0.4, -0.2) is 6.54 Å². The molecule has 1 unspecified atom stereocenters. The van der Waals surface area contributed by atoms with Crippen LogP contribution in [0.15, 0.2) is 12.1 Å². The summed E-state index contributed by atoms with van der Waals surface area (Å²) in [5.41, 5.74) is 13.4. The van der Waals surface area contributed by atoms with Gasteiger partial charge in [-0.2, -0.15) is 0 Å². The Morgan fingerprint density at radius 1 is 1.36 bits per heavy atom. The van der Waals surface area contributed by atoms with Crippen molar-refractivity contribution in [2.45, 2.75) is 19.4 Å². The minimum atomic E-state index is -0.193. The fraction of sp³-hybridized carbons (Fsp3) is 0.400. The summed E-state index contributed by atoms with van der Waals surface area (Å²) < 4.78 is 0. The normalized spacial score (nSPS) is 12.9. The second kappa shape index (κ2) is 4.99. The van der Waals surface area contributed by atoms with E-state index in [2.05, 4.69) is 0 Å². The van der Waals surface area contributed by atoms with E-state index < -0.39 is 0 Å². The van der Waals surface area contributed by atoms with E-state index in [9.17, 15) is 0 Å². The van der Waals surface area contributed by atoms with Crippen LogP contribution in [0.2, 0.25) is 10.0 Å². The van der Waals surface area contributed by atoms with E-state index in [1.807, 2.05) is 13.0 Å². The molecular formula is C10H14Cl2N2. The summed E-state index contributed by atoms with van der Waals surface area (Å²) in [7, 11) is 0. The Balaban J connectivity index is 3.24. The van der Waals surface area contributed by atoms with E-state index >= 15 is 0 Å². The lowest BCUT2D eigenvalue weighted by atomic mass is 9.99. The smallest absolute Gasteiger partial charge is 0.0456 e. The number of benzene rings is 1. The van der Waals surface area contributed by atoms with Crippen molar-refractivity contribution in [3.8, 4) is 0 Å². The van der Waals surface area contributed by atoms with Gasteiger partial charge in [0.05, 0.1) is 0 Å². The van der Waals surface area contributed by atoms with Gasteiger partial charge in [-0.05, 0) is 29.7 Å². The van der Waals surface area contributed by atoms with Crippen LogP contribution < -0.4 is 11.5 Å². The summed E-state index contributed by atoms with van der Waals surface area (Å²) in [4.78, 5) is 0. The molecule has 4 N–H and O–H groups in total. The molecule has 0 saturated carbocycles. The maximum atomic E-state index is 6.06. The van der Waals surface area contributed by atoms with Crippen LogP contribution in [0, 0.1) is 0 Å². The zero-order valence-electron chi connectivity index (χ0n) is 8.06. The van der Waals surface area contributed by atoms with Gasteiger partial charge in [-0.1, -0.05) is 30.1 Å². The van der Waals surface area contributed by atoms with Gasteiger partial charge in [0.1, 0.15) is 0 Å². The summed E-state index contributed by atoms with van der Waals surface area (Å²) >= 11 is 12.0. The molecule has 0 spiro atoms. The zero-order chi connectivity index (χ0) is 10.7. The minimum Gasteiger partial charge on any atom is -0.329 e. The van der Waals surface area contributed by atoms with Crippen LogP contribution in [0.5, 0.6) is 0 Å². The molecule has 4 heteroatoms. The maximum absolute atomic E-state index is 6.06. The molecule has 1 aromatic rings. The zero-order valence-corrected chi connectivity index (χ0v) is 9.57. The minimum absolute atomic E-state index is 0.193. The molecule has 0 aliphatic heterocycles. The molecular weight excluding hydrogens is 219 g/mol. The standard InChI is InChI=1S/C10H14Cl2N2/c1-2-7-8(10(14)5-13)3-6(11)4-9(7)12/h3-4,10H,2,5,13-14H2,1H3. The first-order chi connectivity index (χ1) is 6.60. The number of hydrogen-bond donors (Lipinski definition) is 2. The van der Waals surface area contributed by atoms with Crippen molar-refractivity contribution in [1.29, 1.82) is 0 Å². The largest absolute Gasteiger partial charge is 0.329 e. The lowest BCUT2D eigenvalue weighted by molar-refractivity contribution is 0.727. The van der Waals surface area contributed by atoms with Gasteiger partial charge in [0.2, 0.25) is 0 Å². The highest BCUT2D eigenvalue weighted by atomic mass is 35.5. The molecule has 14 heavy (non-hydrogen) atoms. The number of hydrogen-bond acceptors (Lipinski definition) is 2. The molecule has 1 atom stereocenters. The Labute approximate surface area is 94.2 Å². The molecule has 0 radical (unpaired) electrons. The molecule has 1 aromatic carbocycles. The molecule has 0 fully saturated rings. The third-order valence-corrected chi connectivity index (χ3v) is 2.76. The van der Waals surface area contributed by atoms with E-state index in [0.717, 1.165) is 17.5 Å². The number of nitrogens with two attached hydrogens (primary N) is 2. The van der Waals surface area contributed by atoms with Crippen LogP contribution in [0.25, 0.3) is 0 Å². The van der Waals surface area contributed by atoms with Crippen molar-refractivity contribution in [3.63, 3.8) is 0 Å². The van der Waals surface area contributed by atoms with Crippen LogP contribution in [-0.2, 0) is 6.42 Å². The first-order valence-electron chi connectivity index (χ1n) is 4.53. The molecule has 0 amide bonds. The summed E-state index contributed by atoms with van der Waals surface area (Å²) in [6, 6.07) is 3.37.